The molecule has 0 spiro atoms. The Balaban J connectivity index is 2.07. The van der Waals surface area contributed by atoms with E-state index in [1.807, 2.05) is 45.9 Å². The first-order chi connectivity index (χ1) is 12.4. The quantitative estimate of drug-likeness (QED) is 0.615. The number of aliphatic imine (C=N–C) groups is 1. The zero-order valence-corrected chi connectivity index (χ0v) is 16.0. The summed E-state index contributed by atoms with van der Waals surface area (Å²) in [4.78, 5) is 10.4. The van der Waals surface area contributed by atoms with Gasteiger partial charge in [-0.05, 0) is 58.2 Å². The number of allylic oxidation sites excluding steroid dienone is 1. The highest BCUT2D eigenvalue weighted by Gasteiger charge is 2.16. The molecule has 0 atom stereocenters. The molecule has 0 fully saturated rings. The summed E-state index contributed by atoms with van der Waals surface area (Å²) in [6, 6.07) is 5.99. The highest BCUT2D eigenvalue weighted by Crippen LogP contribution is 2.29. The second-order valence-corrected chi connectivity index (χ2v) is 7.18. The number of hydrogen-bond acceptors (Lipinski definition) is 6. The normalized spacial score (nSPS) is 11.6. The van der Waals surface area contributed by atoms with E-state index in [0.29, 0.717) is 17.2 Å². The van der Waals surface area contributed by atoms with Gasteiger partial charge >= 0.3 is 0 Å². The van der Waals surface area contributed by atoms with Crippen LogP contribution in [0.25, 0.3) is 11.6 Å². The Morgan fingerprint density at radius 2 is 2.19 bits per heavy atom. The predicted octanol–water partition coefficient (Wildman–Crippen LogP) is 4.67. The lowest BCUT2D eigenvalue weighted by Crippen LogP contribution is -2.03. The van der Waals surface area contributed by atoms with Crippen LogP contribution < -0.4 is 0 Å². The van der Waals surface area contributed by atoms with Gasteiger partial charge in [0.15, 0.2) is 5.82 Å². The van der Waals surface area contributed by atoms with E-state index in [4.69, 9.17) is 9.78 Å². The summed E-state index contributed by atoms with van der Waals surface area (Å²) in [6.45, 7) is 12.1. The molecular weight excluding hydrogens is 346 g/mol. The van der Waals surface area contributed by atoms with Gasteiger partial charge in [0, 0.05) is 10.4 Å². The van der Waals surface area contributed by atoms with Crippen LogP contribution in [0.15, 0.2) is 21.6 Å². The van der Waals surface area contributed by atoms with Gasteiger partial charge in [-0.3, -0.25) is 0 Å². The molecule has 0 unspecified atom stereocenters. The van der Waals surface area contributed by atoms with E-state index < -0.39 is 0 Å². The highest BCUT2D eigenvalue weighted by molar-refractivity contribution is 7.12. The SMILES string of the molecule is C=Nc1nc(C)n(Cc2ccc(C#N)s2)c1/C=C(\C)c1c(C)noc1C. The van der Waals surface area contributed by atoms with E-state index in [1.165, 1.54) is 11.3 Å². The Labute approximate surface area is 156 Å². The molecule has 6 nitrogen and oxygen atoms in total. The second-order valence-electron chi connectivity index (χ2n) is 6.02. The van der Waals surface area contributed by atoms with Crippen molar-refractivity contribution in [2.75, 3.05) is 0 Å². The maximum absolute atomic E-state index is 9.04. The summed E-state index contributed by atoms with van der Waals surface area (Å²) in [5.41, 5.74) is 3.75. The molecule has 3 aromatic rings. The van der Waals surface area contributed by atoms with Gasteiger partial charge in [0.25, 0.3) is 0 Å². The van der Waals surface area contributed by atoms with Gasteiger partial charge in [0.2, 0.25) is 0 Å². The molecule has 0 saturated carbocycles. The fourth-order valence-electron chi connectivity index (χ4n) is 3.03. The van der Waals surface area contributed by atoms with Crippen LogP contribution in [0.3, 0.4) is 0 Å². The van der Waals surface area contributed by atoms with Gasteiger partial charge in [-0.2, -0.15) is 5.26 Å². The molecule has 3 aromatic heterocycles. The molecule has 0 aliphatic rings. The Bertz CT molecular complexity index is 1030. The van der Waals surface area contributed by atoms with Crippen LogP contribution >= 0.6 is 11.3 Å². The summed E-state index contributed by atoms with van der Waals surface area (Å²) < 4.78 is 7.36. The Morgan fingerprint density at radius 1 is 1.42 bits per heavy atom. The first kappa shape index (κ1) is 17.8. The van der Waals surface area contributed by atoms with Gasteiger partial charge in [0.05, 0.1) is 17.9 Å². The molecule has 26 heavy (non-hydrogen) atoms. The molecular formula is C19H19N5OS. The topological polar surface area (TPSA) is 80.0 Å². The van der Waals surface area contributed by atoms with E-state index in [9.17, 15) is 0 Å². The third-order valence-electron chi connectivity index (χ3n) is 4.19. The number of rotatable bonds is 5. The van der Waals surface area contributed by atoms with Crippen LogP contribution in [0, 0.1) is 32.1 Å². The van der Waals surface area contributed by atoms with Gasteiger partial charge in [-0.25, -0.2) is 9.98 Å². The van der Waals surface area contributed by atoms with Crippen molar-refractivity contribution in [1.82, 2.24) is 14.7 Å². The average Bonchev–Trinajstić information content (AvgIpc) is 3.28. The fourth-order valence-corrected chi connectivity index (χ4v) is 3.82. The summed E-state index contributed by atoms with van der Waals surface area (Å²) in [5.74, 6) is 2.21. The Kier molecular flexibility index (Phi) is 4.87. The van der Waals surface area contributed by atoms with Crippen molar-refractivity contribution in [2.45, 2.75) is 34.2 Å². The lowest BCUT2D eigenvalue weighted by atomic mass is 10.0. The maximum Gasteiger partial charge on any atom is 0.177 e. The number of aryl methyl sites for hydroxylation is 3. The van der Waals surface area contributed by atoms with Crippen molar-refractivity contribution >= 4 is 35.5 Å². The summed E-state index contributed by atoms with van der Waals surface area (Å²) >= 11 is 1.48. The molecule has 0 radical (unpaired) electrons. The van der Waals surface area contributed by atoms with Crippen LogP contribution in [0.2, 0.25) is 0 Å². The van der Waals surface area contributed by atoms with Crippen molar-refractivity contribution in [3.05, 3.63) is 50.4 Å². The Hall–Kier alpha value is -2.98. The van der Waals surface area contributed by atoms with Gasteiger partial charge < -0.3 is 9.09 Å². The molecule has 0 bridgehead atoms. The summed E-state index contributed by atoms with van der Waals surface area (Å²) in [7, 11) is 0. The minimum Gasteiger partial charge on any atom is -0.361 e. The predicted molar refractivity (Wildman–Crippen MR) is 104 cm³/mol. The Morgan fingerprint density at radius 3 is 2.77 bits per heavy atom. The first-order valence-corrected chi connectivity index (χ1v) is 8.90. The van der Waals surface area contributed by atoms with Crippen molar-refractivity contribution in [3.8, 4) is 6.07 Å². The third kappa shape index (κ3) is 3.24. The first-order valence-electron chi connectivity index (χ1n) is 8.08. The van der Waals surface area contributed by atoms with Crippen molar-refractivity contribution in [3.63, 3.8) is 0 Å². The molecule has 7 heteroatoms. The lowest BCUT2D eigenvalue weighted by molar-refractivity contribution is 0.393. The average molecular weight is 365 g/mol. The zero-order chi connectivity index (χ0) is 18.8. The van der Waals surface area contributed by atoms with Crippen LogP contribution in [0.1, 0.15) is 45.2 Å². The lowest BCUT2D eigenvalue weighted by Gasteiger charge is -2.08. The molecule has 0 amide bonds. The fraction of sp³-hybridized carbons (Fsp3) is 0.263. The minimum absolute atomic E-state index is 0.589. The molecule has 3 rings (SSSR count). The summed E-state index contributed by atoms with van der Waals surface area (Å²) in [6.07, 6.45) is 2.04. The molecule has 3 heterocycles. The van der Waals surface area contributed by atoms with Crippen molar-refractivity contribution in [2.24, 2.45) is 4.99 Å². The minimum atomic E-state index is 0.589. The molecule has 0 saturated heterocycles. The van der Waals surface area contributed by atoms with E-state index >= 15 is 0 Å². The van der Waals surface area contributed by atoms with Gasteiger partial charge in [-0.1, -0.05) is 5.16 Å². The van der Waals surface area contributed by atoms with Crippen molar-refractivity contribution < 1.29 is 4.52 Å². The molecule has 0 aromatic carbocycles. The number of nitrogens with zero attached hydrogens (tertiary/aromatic N) is 5. The maximum atomic E-state index is 9.04. The monoisotopic (exact) mass is 365 g/mol. The number of aromatic nitrogens is 3. The van der Waals surface area contributed by atoms with Crippen LogP contribution in [0.5, 0.6) is 0 Å². The van der Waals surface area contributed by atoms with E-state index in [2.05, 4.69) is 32.5 Å². The van der Waals surface area contributed by atoms with E-state index in [-0.39, 0.29) is 0 Å². The van der Waals surface area contributed by atoms with Crippen LogP contribution in [0.4, 0.5) is 5.82 Å². The largest absolute Gasteiger partial charge is 0.361 e. The van der Waals surface area contributed by atoms with Crippen LogP contribution in [-0.2, 0) is 6.54 Å². The number of thiophene rings is 1. The van der Waals surface area contributed by atoms with Crippen molar-refractivity contribution in [1.29, 1.82) is 5.26 Å². The second kappa shape index (κ2) is 7.10. The van der Waals surface area contributed by atoms with E-state index in [1.54, 1.807) is 0 Å². The number of imidazole rings is 1. The standard InChI is InChI=1S/C19H19N5OS/c1-11(18-12(2)23-25-13(18)3)8-17-19(21-5)22-14(4)24(17)10-16-7-6-15(9-20)26-16/h6-8H,5,10H2,1-4H3/b11-8+. The van der Waals surface area contributed by atoms with Crippen LogP contribution in [-0.4, -0.2) is 21.4 Å². The number of hydrogen-bond donors (Lipinski definition) is 0. The van der Waals surface area contributed by atoms with Gasteiger partial charge in [-0.15, -0.1) is 11.3 Å². The number of nitriles is 1. The summed E-state index contributed by atoms with van der Waals surface area (Å²) in [5, 5.41) is 13.1. The highest BCUT2D eigenvalue weighted by atomic mass is 32.1. The molecule has 0 aliphatic heterocycles. The van der Waals surface area contributed by atoms with E-state index in [0.717, 1.165) is 39.0 Å². The molecule has 0 N–H and O–H groups in total. The smallest absolute Gasteiger partial charge is 0.177 e. The molecule has 132 valence electrons. The van der Waals surface area contributed by atoms with Gasteiger partial charge in [0.1, 0.15) is 22.5 Å². The zero-order valence-electron chi connectivity index (χ0n) is 15.2. The molecule has 0 aliphatic carbocycles. The third-order valence-corrected chi connectivity index (χ3v) is 5.17.